The lowest BCUT2D eigenvalue weighted by atomic mass is 10.1. The van der Waals surface area contributed by atoms with E-state index >= 15 is 0 Å². The summed E-state index contributed by atoms with van der Waals surface area (Å²) in [4.78, 5) is 0. The zero-order valence-corrected chi connectivity index (χ0v) is 8.75. The highest BCUT2D eigenvalue weighted by Gasteiger charge is 2.10. The van der Waals surface area contributed by atoms with Crippen molar-refractivity contribution in [2.24, 2.45) is 5.73 Å². The number of quaternary nitrogens is 1. The first kappa shape index (κ1) is 10.2. The number of hydrogen-bond donors (Lipinski definition) is 1. The predicted molar refractivity (Wildman–Crippen MR) is 58.8 cm³/mol. The van der Waals surface area contributed by atoms with E-state index in [0.29, 0.717) is 0 Å². The molecule has 2 heteroatoms. The number of nitrogens with zero attached hydrogens (tertiary/aromatic N) is 1. The minimum Gasteiger partial charge on any atom is -0.330 e. The van der Waals surface area contributed by atoms with Crippen molar-refractivity contribution in [3.8, 4) is 0 Å². The molecule has 0 radical (unpaired) electrons. The molecule has 2 nitrogen and oxygen atoms in total. The van der Waals surface area contributed by atoms with Crippen LogP contribution in [0.3, 0.4) is 0 Å². The molecule has 0 atom stereocenters. The number of nitrogens with two attached hydrogens (primary N) is 1. The van der Waals surface area contributed by atoms with Gasteiger partial charge in [0.25, 0.3) is 0 Å². The number of benzene rings is 1. The Balaban J connectivity index is 2.81. The standard InChI is InChI=1S/C11H19N2/c1-13(2,3)11-6-4-10(5-7-11)8-9-12/h4-7H,8-9,12H2,1-3H3/q+1. The molecule has 0 heterocycles. The molecule has 2 N–H and O–H groups in total. The van der Waals surface area contributed by atoms with Crippen molar-refractivity contribution >= 4 is 5.69 Å². The van der Waals surface area contributed by atoms with Crippen LogP contribution in [0.4, 0.5) is 5.69 Å². The molecule has 72 valence electrons. The zero-order valence-electron chi connectivity index (χ0n) is 8.75. The summed E-state index contributed by atoms with van der Waals surface area (Å²) in [5.74, 6) is 0. The average Bonchev–Trinajstić information content (AvgIpc) is 2.04. The molecule has 0 fully saturated rings. The Morgan fingerprint density at radius 2 is 1.62 bits per heavy atom. The Bertz CT molecular complexity index is 256. The van der Waals surface area contributed by atoms with Gasteiger partial charge in [-0.15, -0.1) is 0 Å². The minimum atomic E-state index is 0.726. The Labute approximate surface area is 80.6 Å². The minimum absolute atomic E-state index is 0.726. The van der Waals surface area contributed by atoms with E-state index in [2.05, 4.69) is 45.4 Å². The summed E-state index contributed by atoms with van der Waals surface area (Å²) in [6.45, 7) is 0.726. The van der Waals surface area contributed by atoms with Crippen LogP contribution in [-0.2, 0) is 6.42 Å². The van der Waals surface area contributed by atoms with Gasteiger partial charge in [-0.1, -0.05) is 12.1 Å². The van der Waals surface area contributed by atoms with E-state index in [4.69, 9.17) is 5.73 Å². The van der Waals surface area contributed by atoms with E-state index in [1.165, 1.54) is 11.3 Å². The molecule has 0 bridgehead atoms. The van der Waals surface area contributed by atoms with E-state index < -0.39 is 0 Å². The molecule has 0 aliphatic carbocycles. The van der Waals surface area contributed by atoms with Crippen LogP contribution >= 0.6 is 0 Å². The predicted octanol–water partition coefficient (Wildman–Crippen LogP) is 1.38. The van der Waals surface area contributed by atoms with Gasteiger partial charge in [0.15, 0.2) is 0 Å². The van der Waals surface area contributed by atoms with Gasteiger partial charge in [-0.2, -0.15) is 0 Å². The molecular weight excluding hydrogens is 160 g/mol. The third-order valence-corrected chi connectivity index (χ3v) is 2.14. The lowest BCUT2D eigenvalue weighted by Crippen LogP contribution is -2.34. The smallest absolute Gasteiger partial charge is 0.132 e. The van der Waals surface area contributed by atoms with Crippen molar-refractivity contribution in [3.63, 3.8) is 0 Å². The second-order valence-corrected chi connectivity index (χ2v) is 4.22. The Morgan fingerprint density at radius 1 is 1.08 bits per heavy atom. The zero-order chi connectivity index (χ0) is 9.90. The van der Waals surface area contributed by atoms with Crippen LogP contribution in [-0.4, -0.2) is 27.7 Å². The van der Waals surface area contributed by atoms with E-state index in [1.807, 2.05) is 0 Å². The SMILES string of the molecule is C[N+](C)(C)c1ccc(CCN)cc1. The van der Waals surface area contributed by atoms with E-state index in [-0.39, 0.29) is 0 Å². The Morgan fingerprint density at radius 3 is 2.00 bits per heavy atom. The van der Waals surface area contributed by atoms with Gasteiger partial charge in [-0.25, -0.2) is 0 Å². The molecule has 0 unspecified atom stereocenters. The first-order chi connectivity index (χ1) is 6.04. The first-order valence-corrected chi connectivity index (χ1v) is 4.65. The molecule has 0 aliphatic heterocycles. The number of rotatable bonds is 3. The largest absolute Gasteiger partial charge is 0.330 e. The van der Waals surface area contributed by atoms with Gasteiger partial charge >= 0.3 is 0 Å². The third-order valence-electron chi connectivity index (χ3n) is 2.14. The molecule has 13 heavy (non-hydrogen) atoms. The summed E-state index contributed by atoms with van der Waals surface area (Å²) in [7, 11) is 6.49. The van der Waals surface area contributed by atoms with Crippen molar-refractivity contribution in [1.29, 1.82) is 0 Å². The normalized spacial score (nSPS) is 11.7. The fraction of sp³-hybridized carbons (Fsp3) is 0.455. The summed E-state index contributed by atoms with van der Waals surface area (Å²) >= 11 is 0. The summed E-state index contributed by atoms with van der Waals surface area (Å²) in [6, 6.07) is 8.66. The molecule has 0 aliphatic rings. The van der Waals surface area contributed by atoms with Crippen LogP contribution in [0.25, 0.3) is 0 Å². The van der Waals surface area contributed by atoms with Crippen molar-refractivity contribution in [2.45, 2.75) is 6.42 Å². The second kappa shape index (κ2) is 3.90. The van der Waals surface area contributed by atoms with E-state index in [0.717, 1.165) is 17.4 Å². The first-order valence-electron chi connectivity index (χ1n) is 4.65. The number of hydrogen-bond acceptors (Lipinski definition) is 1. The van der Waals surface area contributed by atoms with Crippen molar-refractivity contribution in [3.05, 3.63) is 29.8 Å². The molecule has 0 spiro atoms. The molecule has 1 rings (SSSR count). The molecule has 0 amide bonds. The highest BCUT2D eigenvalue weighted by atomic mass is 15.3. The van der Waals surface area contributed by atoms with Crippen molar-refractivity contribution < 1.29 is 0 Å². The maximum atomic E-state index is 5.48. The van der Waals surface area contributed by atoms with Crippen molar-refractivity contribution in [1.82, 2.24) is 4.48 Å². The molecule has 0 saturated heterocycles. The topological polar surface area (TPSA) is 26.0 Å². The summed E-state index contributed by atoms with van der Waals surface area (Å²) in [5.41, 5.74) is 8.12. The second-order valence-electron chi connectivity index (χ2n) is 4.22. The molecular formula is C11H19N2+. The maximum absolute atomic E-state index is 5.48. The lowest BCUT2D eigenvalue weighted by Gasteiger charge is -2.23. The summed E-state index contributed by atoms with van der Waals surface area (Å²) in [6.07, 6.45) is 0.970. The monoisotopic (exact) mass is 179 g/mol. The molecule has 1 aromatic carbocycles. The molecule has 1 aromatic rings. The van der Waals surface area contributed by atoms with Gasteiger partial charge in [0.2, 0.25) is 0 Å². The van der Waals surface area contributed by atoms with Gasteiger partial charge in [0.05, 0.1) is 21.1 Å². The van der Waals surface area contributed by atoms with Gasteiger partial charge in [-0.05, 0) is 30.7 Å². The highest BCUT2D eigenvalue weighted by Crippen LogP contribution is 2.17. The summed E-state index contributed by atoms with van der Waals surface area (Å²) < 4.78 is 0.864. The lowest BCUT2D eigenvalue weighted by molar-refractivity contribution is 0.486. The van der Waals surface area contributed by atoms with Crippen LogP contribution in [0.5, 0.6) is 0 Å². The maximum Gasteiger partial charge on any atom is 0.132 e. The Hall–Kier alpha value is -0.860. The fourth-order valence-corrected chi connectivity index (χ4v) is 1.28. The Kier molecular flexibility index (Phi) is 3.07. The van der Waals surface area contributed by atoms with Gasteiger partial charge in [0.1, 0.15) is 5.69 Å². The van der Waals surface area contributed by atoms with Crippen LogP contribution in [0.2, 0.25) is 0 Å². The quantitative estimate of drug-likeness (QED) is 0.697. The third kappa shape index (κ3) is 2.83. The average molecular weight is 179 g/mol. The highest BCUT2D eigenvalue weighted by molar-refractivity contribution is 5.42. The van der Waals surface area contributed by atoms with Crippen LogP contribution in [0, 0.1) is 0 Å². The van der Waals surface area contributed by atoms with Gasteiger partial charge < -0.3 is 5.73 Å². The van der Waals surface area contributed by atoms with E-state index in [1.54, 1.807) is 0 Å². The van der Waals surface area contributed by atoms with Crippen LogP contribution in [0.15, 0.2) is 24.3 Å². The molecule has 0 aromatic heterocycles. The van der Waals surface area contributed by atoms with Crippen LogP contribution in [0.1, 0.15) is 5.56 Å². The van der Waals surface area contributed by atoms with E-state index in [9.17, 15) is 0 Å². The fourth-order valence-electron chi connectivity index (χ4n) is 1.28. The van der Waals surface area contributed by atoms with Crippen LogP contribution < -0.4 is 10.2 Å². The van der Waals surface area contributed by atoms with Gasteiger partial charge in [0, 0.05) is 0 Å². The molecule has 0 saturated carbocycles. The van der Waals surface area contributed by atoms with Gasteiger partial charge in [-0.3, -0.25) is 4.48 Å². The van der Waals surface area contributed by atoms with Crippen molar-refractivity contribution in [2.75, 3.05) is 27.7 Å². The summed E-state index contributed by atoms with van der Waals surface area (Å²) in [5, 5.41) is 0.